The second-order valence-corrected chi connectivity index (χ2v) is 6.42. The number of hydrogen-bond acceptors (Lipinski definition) is 2. The Kier molecular flexibility index (Phi) is 5.64. The predicted octanol–water partition coefficient (Wildman–Crippen LogP) is 4.37. The minimum atomic E-state index is -0.417. The van der Waals surface area contributed by atoms with Crippen molar-refractivity contribution in [1.82, 2.24) is 0 Å². The Morgan fingerprint density at radius 2 is 1.75 bits per heavy atom. The monoisotopic (exact) mass is 398 g/mol. The van der Waals surface area contributed by atoms with Gasteiger partial charge in [0.05, 0.1) is 13.2 Å². The third kappa shape index (κ3) is 4.33. The number of methoxy groups -OCH3 is 1. The topological polar surface area (TPSA) is 29.5 Å². The van der Waals surface area contributed by atoms with Crippen LogP contribution in [0, 0.1) is 0 Å². The van der Waals surface area contributed by atoms with E-state index in [9.17, 15) is 5.11 Å². The average molecular weight is 400 g/mol. The highest BCUT2D eigenvalue weighted by Crippen LogP contribution is 2.24. The first kappa shape index (κ1) is 15.5. The minimum absolute atomic E-state index is 0.417. The van der Waals surface area contributed by atoms with E-state index in [2.05, 4.69) is 31.9 Å². The number of benzene rings is 2. The summed E-state index contributed by atoms with van der Waals surface area (Å²) >= 11 is 6.92. The van der Waals surface area contributed by atoms with Gasteiger partial charge in [-0.15, -0.1) is 0 Å². The van der Waals surface area contributed by atoms with Crippen LogP contribution in [0.4, 0.5) is 0 Å². The molecule has 0 saturated heterocycles. The van der Waals surface area contributed by atoms with Gasteiger partial charge in [0.1, 0.15) is 5.75 Å². The summed E-state index contributed by atoms with van der Waals surface area (Å²) in [6.07, 6.45) is 0.810. The first-order chi connectivity index (χ1) is 9.58. The number of rotatable bonds is 5. The molecule has 2 rings (SSSR count). The van der Waals surface area contributed by atoms with E-state index in [1.807, 2.05) is 42.5 Å². The van der Waals surface area contributed by atoms with Gasteiger partial charge < -0.3 is 9.84 Å². The minimum Gasteiger partial charge on any atom is -0.497 e. The Bertz CT molecular complexity index is 567. The van der Waals surface area contributed by atoms with E-state index in [4.69, 9.17) is 4.74 Å². The zero-order valence-electron chi connectivity index (χ0n) is 11.1. The molecular formula is C16H16Br2O2. The largest absolute Gasteiger partial charge is 0.497 e. The number of hydrogen-bond donors (Lipinski definition) is 1. The lowest BCUT2D eigenvalue weighted by atomic mass is 10.0. The van der Waals surface area contributed by atoms with Gasteiger partial charge in [0.15, 0.2) is 0 Å². The highest BCUT2D eigenvalue weighted by Gasteiger charge is 2.10. The molecule has 1 atom stereocenters. The van der Waals surface area contributed by atoms with Crippen LogP contribution < -0.4 is 4.74 Å². The van der Waals surface area contributed by atoms with Crippen LogP contribution in [0.2, 0.25) is 0 Å². The first-order valence-electron chi connectivity index (χ1n) is 6.33. The van der Waals surface area contributed by atoms with Crippen molar-refractivity contribution in [3.8, 4) is 5.75 Å². The Balaban J connectivity index is 2.04. The molecule has 0 aliphatic carbocycles. The highest BCUT2D eigenvalue weighted by molar-refractivity contribution is 9.10. The molecule has 0 bridgehead atoms. The second-order valence-electron chi connectivity index (χ2n) is 4.65. The standard InChI is InChI=1S/C16H16Br2O2/c1-20-15-6-7-16(18)12(10-15)9-14(19)8-11-2-4-13(17)5-3-11/h2-7,10,14,19H,8-9H2,1H3. The summed E-state index contributed by atoms with van der Waals surface area (Å²) in [6.45, 7) is 0. The molecule has 20 heavy (non-hydrogen) atoms. The molecule has 0 fully saturated rings. The Hall–Kier alpha value is -0.840. The lowest BCUT2D eigenvalue weighted by molar-refractivity contribution is 0.175. The number of ether oxygens (including phenoxy) is 1. The number of aliphatic hydroxyl groups excluding tert-OH is 1. The fourth-order valence-corrected chi connectivity index (χ4v) is 2.73. The van der Waals surface area contributed by atoms with E-state index >= 15 is 0 Å². The van der Waals surface area contributed by atoms with Crippen LogP contribution in [0.3, 0.4) is 0 Å². The fourth-order valence-electron chi connectivity index (χ4n) is 2.05. The summed E-state index contributed by atoms with van der Waals surface area (Å²) < 4.78 is 7.26. The first-order valence-corrected chi connectivity index (χ1v) is 7.92. The molecule has 1 N–H and O–H groups in total. The summed E-state index contributed by atoms with van der Waals surface area (Å²) in [5, 5.41) is 10.2. The van der Waals surface area contributed by atoms with Crippen molar-refractivity contribution in [3.05, 3.63) is 62.5 Å². The summed E-state index contributed by atoms with van der Waals surface area (Å²) in [5.41, 5.74) is 2.17. The van der Waals surface area contributed by atoms with Crippen LogP contribution in [0.1, 0.15) is 11.1 Å². The molecule has 1 unspecified atom stereocenters. The molecule has 0 aliphatic heterocycles. The van der Waals surface area contributed by atoms with Crippen LogP contribution in [0.15, 0.2) is 51.4 Å². The van der Waals surface area contributed by atoms with E-state index in [0.717, 1.165) is 25.8 Å². The molecule has 0 spiro atoms. The van der Waals surface area contributed by atoms with E-state index in [1.165, 1.54) is 0 Å². The van der Waals surface area contributed by atoms with Gasteiger partial charge >= 0.3 is 0 Å². The van der Waals surface area contributed by atoms with Crippen molar-refractivity contribution in [2.75, 3.05) is 7.11 Å². The molecule has 4 heteroatoms. The van der Waals surface area contributed by atoms with Crippen molar-refractivity contribution in [3.63, 3.8) is 0 Å². The maximum absolute atomic E-state index is 10.2. The van der Waals surface area contributed by atoms with Gasteiger partial charge in [-0.3, -0.25) is 0 Å². The van der Waals surface area contributed by atoms with Crippen LogP contribution in [0.5, 0.6) is 5.75 Å². The van der Waals surface area contributed by atoms with Gasteiger partial charge in [0.25, 0.3) is 0 Å². The summed E-state index contributed by atoms with van der Waals surface area (Å²) in [6, 6.07) is 13.8. The molecule has 0 radical (unpaired) electrons. The lowest BCUT2D eigenvalue weighted by Gasteiger charge is -2.13. The summed E-state index contributed by atoms with van der Waals surface area (Å²) in [5.74, 6) is 0.805. The van der Waals surface area contributed by atoms with E-state index < -0.39 is 6.10 Å². The zero-order valence-corrected chi connectivity index (χ0v) is 14.3. The summed E-state index contributed by atoms with van der Waals surface area (Å²) in [4.78, 5) is 0. The predicted molar refractivity (Wildman–Crippen MR) is 88.3 cm³/mol. The average Bonchev–Trinajstić information content (AvgIpc) is 2.44. The smallest absolute Gasteiger partial charge is 0.119 e. The molecule has 0 aliphatic rings. The second kappa shape index (κ2) is 7.25. The van der Waals surface area contributed by atoms with Crippen LogP contribution in [-0.4, -0.2) is 18.3 Å². The van der Waals surface area contributed by atoms with Crippen LogP contribution in [0.25, 0.3) is 0 Å². The molecule has 2 nitrogen and oxygen atoms in total. The summed E-state index contributed by atoms with van der Waals surface area (Å²) in [7, 11) is 1.64. The molecule has 0 heterocycles. The van der Waals surface area contributed by atoms with Crippen molar-refractivity contribution in [1.29, 1.82) is 0 Å². The van der Waals surface area contributed by atoms with Gasteiger partial charge in [-0.2, -0.15) is 0 Å². The Morgan fingerprint density at radius 1 is 1.05 bits per heavy atom. The molecule has 2 aromatic carbocycles. The van der Waals surface area contributed by atoms with Crippen LogP contribution in [-0.2, 0) is 12.8 Å². The van der Waals surface area contributed by atoms with Crippen LogP contribution >= 0.6 is 31.9 Å². The number of aliphatic hydroxyl groups is 1. The van der Waals surface area contributed by atoms with Gasteiger partial charge in [-0.25, -0.2) is 0 Å². The Morgan fingerprint density at radius 3 is 2.40 bits per heavy atom. The lowest BCUT2D eigenvalue weighted by Crippen LogP contribution is -2.14. The van der Waals surface area contributed by atoms with Gasteiger partial charge in [-0.1, -0.05) is 44.0 Å². The van der Waals surface area contributed by atoms with E-state index in [1.54, 1.807) is 7.11 Å². The third-order valence-electron chi connectivity index (χ3n) is 3.09. The van der Waals surface area contributed by atoms with Gasteiger partial charge in [0.2, 0.25) is 0 Å². The van der Waals surface area contributed by atoms with E-state index in [0.29, 0.717) is 12.8 Å². The zero-order chi connectivity index (χ0) is 14.5. The Labute approximate surface area is 136 Å². The van der Waals surface area contributed by atoms with Gasteiger partial charge in [0, 0.05) is 8.95 Å². The highest BCUT2D eigenvalue weighted by atomic mass is 79.9. The molecule has 0 amide bonds. The molecular weight excluding hydrogens is 384 g/mol. The van der Waals surface area contributed by atoms with E-state index in [-0.39, 0.29) is 0 Å². The van der Waals surface area contributed by atoms with Crippen molar-refractivity contribution < 1.29 is 9.84 Å². The third-order valence-corrected chi connectivity index (χ3v) is 4.40. The molecule has 2 aromatic rings. The maximum Gasteiger partial charge on any atom is 0.119 e. The fraction of sp³-hybridized carbons (Fsp3) is 0.250. The maximum atomic E-state index is 10.2. The molecule has 0 aromatic heterocycles. The van der Waals surface area contributed by atoms with Crippen molar-refractivity contribution in [2.24, 2.45) is 0 Å². The van der Waals surface area contributed by atoms with Crippen molar-refractivity contribution >= 4 is 31.9 Å². The molecule has 0 saturated carbocycles. The normalized spacial score (nSPS) is 12.2. The number of halogens is 2. The van der Waals surface area contributed by atoms with Gasteiger partial charge in [-0.05, 0) is 54.3 Å². The molecule has 106 valence electrons. The quantitative estimate of drug-likeness (QED) is 0.808. The van der Waals surface area contributed by atoms with Crippen molar-refractivity contribution in [2.45, 2.75) is 18.9 Å². The SMILES string of the molecule is COc1ccc(Br)c(CC(O)Cc2ccc(Br)cc2)c1.